The first-order valence-corrected chi connectivity index (χ1v) is 11.6. The lowest BCUT2D eigenvalue weighted by atomic mass is 10.2. The fraction of sp³-hybridized carbons (Fsp3) is 0.632. The molecule has 1 aromatic rings. The van der Waals surface area contributed by atoms with Crippen molar-refractivity contribution in [2.45, 2.75) is 44.6 Å². The average Bonchev–Trinajstić information content (AvgIpc) is 2.73. The Hall–Kier alpha value is -1.51. The van der Waals surface area contributed by atoms with Crippen LogP contribution in [0.3, 0.4) is 0 Å². The Kier molecular flexibility index (Phi) is 14.6. The summed E-state index contributed by atoms with van der Waals surface area (Å²) in [6.45, 7) is 9.99. The topological polar surface area (TPSA) is 129 Å². The molecule has 0 saturated heterocycles. The van der Waals surface area contributed by atoms with Gasteiger partial charge in [0, 0.05) is 38.3 Å². The van der Waals surface area contributed by atoms with Crippen LogP contribution in [-0.4, -0.2) is 70.0 Å². The molecule has 1 rings (SSSR count). The Morgan fingerprint density at radius 2 is 1.94 bits per heavy atom. The highest BCUT2D eigenvalue weighted by molar-refractivity contribution is 14.0. The number of benzene rings is 1. The van der Waals surface area contributed by atoms with Crippen molar-refractivity contribution in [2.75, 3.05) is 39.8 Å². The number of halogens is 1. The molecular weight excluding hydrogens is 535 g/mol. The predicted octanol–water partition coefficient (Wildman–Crippen LogP) is 2.17. The molecule has 1 unspecified atom stereocenters. The number of rotatable bonds is 13. The first kappa shape index (κ1) is 29.5. The second-order valence-corrected chi connectivity index (χ2v) is 8.63. The third-order valence-corrected chi connectivity index (χ3v) is 6.12. The number of guanidine groups is 1. The lowest BCUT2D eigenvalue weighted by molar-refractivity contribution is -0.385. The van der Waals surface area contributed by atoms with Gasteiger partial charge in [-0.1, -0.05) is 19.9 Å². The molecule has 0 aliphatic heterocycles. The number of nitro benzene ring substituents is 1. The van der Waals surface area contributed by atoms with E-state index in [1.165, 1.54) is 18.2 Å². The summed E-state index contributed by atoms with van der Waals surface area (Å²) in [5.74, 6) is 0.597. The van der Waals surface area contributed by atoms with Crippen molar-refractivity contribution in [1.29, 1.82) is 0 Å². The molecule has 1 aromatic carbocycles. The van der Waals surface area contributed by atoms with Crippen molar-refractivity contribution in [3.8, 4) is 0 Å². The summed E-state index contributed by atoms with van der Waals surface area (Å²) in [5, 5.41) is 17.2. The van der Waals surface area contributed by atoms with Crippen LogP contribution in [-0.2, 0) is 10.0 Å². The second kappa shape index (κ2) is 15.3. The number of nitrogens with one attached hydrogen (secondary N) is 3. The van der Waals surface area contributed by atoms with Crippen molar-refractivity contribution >= 4 is 45.6 Å². The Morgan fingerprint density at radius 3 is 2.52 bits per heavy atom. The molecule has 31 heavy (non-hydrogen) atoms. The minimum atomic E-state index is -3.83. The van der Waals surface area contributed by atoms with Gasteiger partial charge in [0.05, 0.1) is 9.82 Å². The van der Waals surface area contributed by atoms with Crippen molar-refractivity contribution in [3.63, 3.8) is 0 Å². The Labute approximate surface area is 202 Å². The van der Waals surface area contributed by atoms with Crippen LogP contribution in [0.15, 0.2) is 34.2 Å². The quantitative estimate of drug-likeness (QED) is 0.0828. The van der Waals surface area contributed by atoms with Gasteiger partial charge in [-0.2, -0.15) is 0 Å². The molecule has 0 amide bonds. The standard InChI is InChI=1S/C19H34N6O4S.HI/c1-5-24(6-2)14-8-9-16(3)23-19(20-4)21-12-13-22-30(28,29)18-11-7-10-17(15-18)25(26)27;/h7,10-11,15-16,22H,5-6,8-9,12-14H2,1-4H3,(H2,20,21,23);1H. The molecule has 0 fully saturated rings. The Morgan fingerprint density at radius 1 is 1.26 bits per heavy atom. The summed E-state index contributed by atoms with van der Waals surface area (Å²) >= 11 is 0. The van der Waals surface area contributed by atoms with E-state index in [1.54, 1.807) is 7.05 Å². The van der Waals surface area contributed by atoms with Crippen LogP contribution < -0.4 is 15.4 Å². The fourth-order valence-electron chi connectivity index (χ4n) is 2.87. The molecule has 0 aliphatic carbocycles. The fourth-order valence-corrected chi connectivity index (χ4v) is 3.95. The van der Waals surface area contributed by atoms with Crippen LogP contribution in [0.4, 0.5) is 5.69 Å². The highest BCUT2D eigenvalue weighted by atomic mass is 127. The molecule has 3 N–H and O–H groups in total. The van der Waals surface area contributed by atoms with E-state index >= 15 is 0 Å². The molecule has 178 valence electrons. The zero-order valence-corrected chi connectivity index (χ0v) is 21.8. The monoisotopic (exact) mass is 570 g/mol. The molecule has 0 bridgehead atoms. The highest BCUT2D eigenvalue weighted by Gasteiger charge is 2.17. The number of sulfonamides is 1. The molecule has 0 aromatic heterocycles. The van der Waals surface area contributed by atoms with E-state index < -0.39 is 14.9 Å². The molecule has 0 aliphatic rings. The highest BCUT2D eigenvalue weighted by Crippen LogP contribution is 2.16. The van der Waals surface area contributed by atoms with Crippen LogP contribution in [0.2, 0.25) is 0 Å². The van der Waals surface area contributed by atoms with Crippen molar-refractivity contribution in [1.82, 2.24) is 20.3 Å². The largest absolute Gasteiger partial charge is 0.355 e. The third-order valence-electron chi connectivity index (χ3n) is 4.66. The van der Waals surface area contributed by atoms with Crippen LogP contribution in [0.5, 0.6) is 0 Å². The van der Waals surface area contributed by atoms with Crippen molar-refractivity contribution in [2.24, 2.45) is 4.99 Å². The third kappa shape index (κ3) is 11.1. The summed E-state index contributed by atoms with van der Waals surface area (Å²) in [5.41, 5.74) is -0.268. The second-order valence-electron chi connectivity index (χ2n) is 6.87. The van der Waals surface area contributed by atoms with E-state index in [4.69, 9.17) is 0 Å². The van der Waals surface area contributed by atoms with Gasteiger partial charge in [0.1, 0.15) is 0 Å². The number of hydrogen-bond acceptors (Lipinski definition) is 6. The van der Waals surface area contributed by atoms with Gasteiger partial charge in [0.2, 0.25) is 10.0 Å². The summed E-state index contributed by atoms with van der Waals surface area (Å²) in [6.07, 6.45) is 2.08. The van der Waals surface area contributed by atoms with E-state index in [0.29, 0.717) is 12.5 Å². The van der Waals surface area contributed by atoms with E-state index in [2.05, 4.69) is 46.0 Å². The lowest BCUT2D eigenvalue weighted by Crippen LogP contribution is -2.45. The maximum atomic E-state index is 12.3. The number of aliphatic imine (C=N–C) groups is 1. The van der Waals surface area contributed by atoms with Gasteiger partial charge in [0.15, 0.2) is 5.96 Å². The molecular formula is C19H35IN6O4S. The van der Waals surface area contributed by atoms with Gasteiger partial charge >= 0.3 is 0 Å². The summed E-state index contributed by atoms with van der Waals surface area (Å²) in [7, 11) is -2.17. The zero-order valence-electron chi connectivity index (χ0n) is 18.6. The Balaban J connectivity index is 0.00000900. The molecule has 0 spiro atoms. The first-order valence-electron chi connectivity index (χ1n) is 10.2. The molecule has 0 radical (unpaired) electrons. The molecule has 10 nitrogen and oxygen atoms in total. The smallest absolute Gasteiger partial charge is 0.270 e. The maximum absolute atomic E-state index is 12.3. The molecule has 1 atom stereocenters. The van der Waals surface area contributed by atoms with Gasteiger partial charge < -0.3 is 15.5 Å². The molecule has 0 saturated carbocycles. The number of nitro groups is 1. The van der Waals surface area contributed by atoms with Crippen LogP contribution in [0.25, 0.3) is 0 Å². The van der Waals surface area contributed by atoms with Crippen LogP contribution >= 0.6 is 24.0 Å². The van der Waals surface area contributed by atoms with Crippen molar-refractivity contribution < 1.29 is 13.3 Å². The van der Waals surface area contributed by atoms with Gasteiger partial charge in [0.25, 0.3) is 5.69 Å². The number of non-ortho nitro benzene ring substituents is 1. The predicted molar refractivity (Wildman–Crippen MR) is 135 cm³/mol. The average molecular weight is 570 g/mol. The van der Waals surface area contributed by atoms with E-state index in [9.17, 15) is 18.5 Å². The van der Waals surface area contributed by atoms with Crippen LogP contribution in [0.1, 0.15) is 33.6 Å². The number of nitrogens with zero attached hydrogens (tertiary/aromatic N) is 3. The van der Waals surface area contributed by atoms with Crippen molar-refractivity contribution in [3.05, 3.63) is 34.4 Å². The van der Waals surface area contributed by atoms with Gasteiger partial charge in [-0.3, -0.25) is 15.1 Å². The molecule has 0 heterocycles. The summed E-state index contributed by atoms with van der Waals surface area (Å²) in [4.78, 5) is 16.6. The maximum Gasteiger partial charge on any atom is 0.270 e. The van der Waals surface area contributed by atoms with E-state index in [0.717, 1.165) is 38.5 Å². The van der Waals surface area contributed by atoms with Gasteiger partial charge in [-0.25, -0.2) is 13.1 Å². The van der Waals surface area contributed by atoms with Gasteiger partial charge in [-0.05, 0) is 45.5 Å². The van der Waals surface area contributed by atoms with E-state index in [-0.39, 0.29) is 47.1 Å². The Bertz CT molecular complexity index is 802. The van der Waals surface area contributed by atoms with Gasteiger partial charge in [-0.15, -0.1) is 24.0 Å². The van der Waals surface area contributed by atoms with Crippen LogP contribution in [0, 0.1) is 10.1 Å². The zero-order chi connectivity index (χ0) is 22.6. The van der Waals surface area contributed by atoms with E-state index in [1.807, 2.05) is 0 Å². The number of hydrogen-bond donors (Lipinski definition) is 3. The molecule has 12 heteroatoms. The minimum Gasteiger partial charge on any atom is -0.355 e. The summed E-state index contributed by atoms with van der Waals surface area (Å²) < 4.78 is 27.1. The normalized spacial score (nSPS) is 12.9. The SMILES string of the molecule is CCN(CC)CCCC(C)NC(=NC)NCCNS(=O)(=O)c1cccc([N+](=O)[O-])c1.I. The summed E-state index contributed by atoms with van der Waals surface area (Å²) in [6, 6.07) is 5.19. The lowest BCUT2D eigenvalue weighted by Gasteiger charge is -2.21. The first-order chi connectivity index (χ1) is 14.2. The minimum absolute atomic E-state index is 0.